The normalized spacial score (nSPS) is 11.9. The maximum Gasteiger partial charge on any atom is 0.269 e. The number of carbonyl (C=O) groups excluding carboxylic acids is 1. The number of nitrogens with zero attached hydrogens (tertiary/aromatic N) is 1. The Kier molecular flexibility index (Phi) is 5.89. The van der Waals surface area contributed by atoms with Gasteiger partial charge in [-0.1, -0.05) is 46.9 Å². The van der Waals surface area contributed by atoms with E-state index in [-0.39, 0.29) is 17.1 Å². The summed E-state index contributed by atoms with van der Waals surface area (Å²) in [7, 11) is 0. The molecule has 0 atom stereocenters. The molecule has 0 unspecified atom stereocenters. The Morgan fingerprint density at radius 2 is 1.72 bits per heavy atom. The zero-order valence-corrected chi connectivity index (χ0v) is 14.7. The van der Waals surface area contributed by atoms with Crippen LogP contribution in [0, 0.1) is 10.1 Å². The van der Waals surface area contributed by atoms with Crippen LogP contribution in [-0.4, -0.2) is 19.6 Å². The predicted molar refractivity (Wildman–Crippen MR) is 98.1 cm³/mol. The second-order valence-corrected chi connectivity index (χ2v) is 7.15. The van der Waals surface area contributed by atoms with Gasteiger partial charge in [0, 0.05) is 23.9 Å². The third kappa shape index (κ3) is 5.09. The topological polar surface area (TPSA) is 92.5 Å². The first-order valence-electron chi connectivity index (χ1n) is 6.81. The first-order valence-corrected chi connectivity index (χ1v) is 7.94. The zero-order chi connectivity index (χ0) is 18.6. The largest absolute Gasteiger partial charge is 0.506 e. The molecule has 2 aromatic rings. The number of nitro groups is 1. The number of phenolic OH excluding ortho intramolecular Hbond substituents is 1. The van der Waals surface area contributed by atoms with E-state index in [1.807, 2.05) is 0 Å². The summed E-state index contributed by atoms with van der Waals surface area (Å²) >= 11 is 16.8. The standard InChI is InChI=1S/C16H11Cl3N2O4/c17-16(18,19)15(23)9-13(20-12-3-1-2-4-14(12)22)10-5-7-11(8-6-10)21(24)25/h1-9,20,22H/b13-9+. The van der Waals surface area contributed by atoms with Gasteiger partial charge in [-0.3, -0.25) is 14.9 Å². The third-order valence-electron chi connectivity index (χ3n) is 3.12. The first-order chi connectivity index (χ1) is 11.7. The Morgan fingerprint density at radius 3 is 2.24 bits per heavy atom. The lowest BCUT2D eigenvalue weighted by Gasteiger charge is -2.14. The number of halogens is 3. The number of hydrogen-bond acceptors (Lipinski definition) is 5. The van der Waals surface area contributed by atoms with Gasteiger partial charge in [0.15, 0.2) is 0 Å². The summed E-state index contributed by atoms with van der Waals surface area (Å²) in [5, 5.41) is 23.5. The number of allylic oxidation sites excluding steroid dienone is 1. The zero-order valence-electron chi connectivity index (χ0n) is 12.4. The molecule has 0 saturated carbocycles. The molecule has 0 spiro atoms. The van der Waals surface area contributed by atoms with Crippen molar-refractivity contribution < 1.29 is 14.8 Å². The summed E-state index contributed by atoms with van der Waals surface area (Å²) in [6.45, 7) is 0. The predicted octanol–water partition coefficient (Wildman–Crippen LogP) is 4.69. The molecule has 25 heavy (non-hydrogen) atoms. The molecule has 0 bridgehead atoms. The van der Waals surface area contributed by atoms with Crippen LogP contribution < -0.4 is 5.32 Å². The number of rotatable bonds is 5. The van der Waals surface area contributed by atoms with Gasteiger partial charge >= 0.3 is 0 Å². The molecule has 0 fully saturated rings. The van der Waals surface area contributed by atoms with Crippen molar-refractivity contribution in [3.05, 3.63) is 70.3 Å². The summed E-state index contributed by atoms with van der Waals surface area (Å²) in [4.78, 5) is 22.2. The molecule has 0 aromatic heterocycles. The molecule has 2 rings (SSSR count). The highest BCUT2D eigenvalue weighted by atomic mass is 35.6. The second-order valence-electron chi connectivity index (χ2n) is 4.87. The van der Waals surface area contributed by atoms with Crippen molar-refractivity contribution in [1.29, 1.82) is 0 Å². The minimum Gasteiger partial charge on any atom is -0.506 e. The van der Waals surface area contributed by atoms with Crippen LogP contribution in [0.1, 0.15) is 5.56 Å². The number of phenols is 1. The molecule has 6 nitrogen and oxygen atoms in total. The Bertz CT molecular complexity index is 830. The van der Waals surface area contributed by atoms with Gasteiger partial charge in [-0.05, 0) is 29.8 Å². The van der Waals surface area contributed by atoms with Gasteiger partial charge in [-0.2, -0.15) is 0 Å². The van der Waals surface area contributed by atoms with Crippen molar-refractivity contribution in [2.24, 2.45) is 0 Å². The molecule has 0 heterocycles. The first kappa shape index (κ1) is 19.1. The lowest BCUT2D eigenvalue weighted by molar-refractivity contribution is -0.384. The van der Waals surface area contributed by atoms with Crippen molar-refractivity contribution in [2.45, 2.75) is 3.79 Å². The van der Waals surface area contributed by atoms with E-state index in [1.165, 1.54) is 30.3 Å². The molecule has 130 valence electrons. The highest BCUT2D eigenvalue weighted by Gasteiger charge is 2.29. The Hall–Kier alpha value is -2.28. The highest BCUT2D eigenvalue weighted by Crippen LogP contribution is 2.31. The van der Waals surface area contributed by atoms with E-state index < -0.39 is 14.5 Å². The van der Waals surface area contributed by atoms with E-state index in [2.05, 4.69) is 5.32 Å². The number of non-ortho nitro benzene ring substituents is 1. The second kappa shape index (κ2) is 7.74. The number of para-hydroxylation sites is 2. The van der Waals surface area contributed by atoms with Crippen LogP contribution >= 0.6 is 34.8 Å². The maximum atomic E-state index is 12.0. The summed E-state index contributed by atoms with van der Waals surface area (Å²) in [5.74, 6) is -0.870. The number of aromatic hydroxyl groups is 1. The van der Waals surface area contributed by atoms with Gasteiger partial charge in [-0.15, -0.1) is 0 Å². The van der Waals surface area contributed by atoms with Gasteiger partial charge in [0.2, 0.25) is 5.78 Å². The highest BCUT2D eigenvalue weighted by molar-refractivity contribution is 6.77. The van der Waals surface area contributed by atoms with Crippen LogP contribution in [0.15, 0.2) is 54.6 Å². The van der Waals surface area contributed by atoms with Gasteiger partial charge < -0.3 is 10.4 Å². The van der Waals surface area contributed by atoms with E-state index in [4.69, 9.17) is 34.8 Å². The van der Waals surface area contributed by atoms with E-state index >= 15 is 0 Å². The molecule has 0 amide bonds. The minimum atomic E-state index is -2.16. The van der Waals surface area contributed by atoms with Crippen LogP contribution in [0.5, 0.6) is 5.75 Å². The molecule has 0 aliphatic carbocycles. The number of carbonyl (C=O) groups is 1. The Labute approximate surface area is 157 Å². The number of anilines is 1. The van der Waals surface area contributed by atoms with Gasteiger partial charge in [0.1, 0.15) is 5.75 Å². The molecular weight excluding hydrogens is 391 g/mol. The SMILES string of the molecule is O=C(/C=C(/Nc1ccccc1O)c1ccc([N+](=O)[O-])cc1)C(Cl)(Cl)Cl. The van der Waals surface area contributed by atoms with Gasteiger partial charge in [-0.25, -0.2) is 0 Å². The van der Waals surface area contributed by atoms with E-state index in [0.717, 1.165) is 6.08 Å². The molecule has 2 aromatic carbocycles. The number of benzene rings is 2. The van der Waals surface area contributed by atoms with E-state index in [1.54, 1.807) is 18.2 Å². The Balaban J connectivity index is 2.45. The number of nitro benzene ring substituents is 1. The number of hydrogen-bond donors (Lipinski definition) is 2. The monoisotopic (exact) mass is 400 g/mol. The van der Waals surface area contributed by atoms with E-state index in [0.29, 0.717) is 11.3 Å². The third-order valence-corrected chi connectivity index (χ3v) is 3.68. The summed E-state index contributed by atoms with van der Waals surface area (Å²) in [6, 6.07) is 11.7. The van der Waals surface area contributed by atoms with Gasteiger partial charge in [0.25, 0.3) is 9.48 Å². The fourth-order valence-corrected chi connectivity index (χ4v) is 2.06. The van der Waals surface area contributed by atoms with Crippen LogP contribution in [0.4, 0.5) is 11.4 Å². The molecule has 2 N–H and O–H groups in total. The quantitative estimate of drug-likeness (QED) is 0.249. The lowest BCUT2D eigenvalue weighted by Crippen LogP contribution is -2.17. The fourth-order valence-electron chi connectivity index (χ4n) is 1.89. The van der Waals surface area contributed by atoms with Gasteiger partial charge in [0.05, 0.1) is 10.6 Å². The smallest absolute Gasteiger partial charge is 0.269 e. The Morgan fingerprint density at radius 1 is 1.12 bits per heavy atom. The van der Waals surface area contributed by atoms with Crippen LogP contribution in [0.25, 0.3) is 5.70 Å². The average Bonchev–Trinajstić information content (AvgIpc) is 2.55. The molecular formula is C16H11Cl3N2O4. The maximum absolute atomic E-state index is 12.0. The van der Waals surface area contributed by atoms with Crippen molar-refractivity contribution in [3.63, 3.8) is 0 Å². The molecule has 9 heteroatoms. The number of nitrogens with one attached hydrogen (secondary N) is 1. The van der Waals surface area contributed by atoms with Crippen LogP contribution in [-0.2, 0) is 4.79 Å². The lowest BCUT2D eigenvalue weighted by atomic mass is 10.1. The fraction of sp³-hybridized carbons (Fsp3) is 0.0625. The molecule has 0 radical (unpaired) electrons. The van der Waals surface area contributed by atoms with Crippen molar-refractivity contribution in [2.75, 3.05) is 5.32 Å². The number of alkyl halides is 3. The molecule has 0 aliphatic rings. The van der Waals surface area contributed by atoms with Crippen molar-refractivity contribution >= 4 is 57.7 Å². The number of ketones is 1. The van der Waals surface area contributed by atoms with Crippen LogP contribution in [0.2, 0.25) is 0 Å². The summed E-state index contributed by atoms with van der Waals surface area (Å²) in [6.07, 6.45) is 1.06. The van der Waals surface area contributed by atoms with Crippen molar-refractivity contribution in [1.82, 2.24) is 0 Å². The van der Waals surface area contributed by atoms with Crippen LogP contribution in [0.3, 0.4) is 0 Å². The summed E-state index contributed by atoms with van der Waals surface area (Å²) < 4.78 is -2.16. The molecule has 0 saturated heterocycles. The van der Waals surface area contributed by atoms with E-state index in [9.17, 15) is 20.0 Å². The van der Waals surface area contributed by atoms with Crippen molar-refractivity contribution in [3.8, 4) is 5.75 Å². The summed E-state index contributed by atoms with van der Waals surface area (Å²) in [5.41, 5.74) is 0.826. The minimum absolute atomic E-state index is 0.0587. The average molecular weight is 402 g/mol. The molecule has 0 aliphatic heterocycles.